The Morgan fingerprint density at radius 3 is 2.35 bits per heavy atom. The molecule has 2 aromatic heterocycles. The number of amides is 2. The number of nitrogens with zero attached hydrogens (tertiary/aromatic N) is 2. The van der Waals surface area contributed by atoms with Crippen LogP contribution in [0.5, 0.6) is 0 Å². The van der Waals surface area contributed by atoms with Crippen LogP contribution in [0.1, 0.15) is 15.9 Å². The first kappa shape index (κ1) is 22.8. The van der Waals surface area contributed by atoms with Crippen molar-refractivity contribution in [3.63, 3.8) is 0 Å². The van der Waals surface area contributed by atoms with E-state index in [9.17, 15) is 9.59 Å². The second kappa shape index (κ2) is 11.0. The highest BCUT2D eigenvalue weighted by molar-refractivity contribution is 5.97. The minimum Gasteiger partial charge on any atom is -0.367 e. The number of ether oxygens (including phenoxy) is 1. The summed E-state index contributed by atoms with van der Waals surface area (Å²) in [5, 5.41) is 11.7. The average molecular weight is 454 g/mol. The number of pyridine rings is 2. The number of carbonyl (C=O) groups excluding carboxylic acids is 2. The first-order valence-electron chi connectivity index (χ1n) is 10.5. The van der Waals surface area contributed by atoms with E-state index in [1.54, 1.807) is 17.9 Å². The number of carbonyl (C=O) groups is 2. The van der Waals surface area contributed by atoms with Gasteiger partial charge in [0.25, 0.3) is 11.8 Å². The molecule has 8 heteroatoms. The van der Waals surface area contributed by atoms with E-state index in [-0.39, 0.29) is 18.0 Å². The molecule has 2 heterocycles. The number of hydroxylamine groups is 1. The van der Waals surface area contributed by atoms with Crippen molar-refractivity contribution >= 4 is 17.6 Å². The van der Waals surface area contributed by atoms with Gasteiger partial charge >= 0.3 is 0 Å². The predicted octanol–water partition coefficient (Wildman–Crippen LogP) is 4.08. The predicted molar refractivity (Wildman–Crippen MR) is 127 cm³/mol. The smallest absolute Gasteiger partial charge is 0.274 e. The number of benzene rings is 2. The lowest BCUT2D eigenvalue weighted by Gasteiger charge is -2.11. The highest BCUT2D eigenvalue weighted by atomic mass is 16.5. The van der Waals surface area contributed by atoms with Gasteiger partial charge in [0, 0.05) is 23.5 Å². The van der Waals surface area contributed by atoms with E-state index in [4.69, 9.17) is 9.94 Å². The summed E-state index contributed by atoms with van der Waals surface area (Å²) in [4.78, 5) is 33.0. The molecule has 0 aliphatic heterocycles. The first-order chi connectivity index (χ1) is 16.6. The Bertz CT molecular complexity index is 1260. The molecule has 0 radical (unpaired) electrons. The van der Waals surface area contributed by atoms with Gasteiger partial charge in [-0.05, 0) is 34.9 Å². The molecule has 170 valence electrons. The van der Waals surface area contributed by atoms with Crippen molar-refractivity contribution in [3.8, 4) is 22.4 Å². The lowest BCUT2D eigenvalue weighted by Crippen LogP contribution is -2.21. The second-order valence-corrected chi connectivity index (χ2v) is 7.41. The van der Waals surface area contributed by atoms with Crippen molar-refractivity contribution in [1.82, 2.24) is 15.4 Å². The Labute approximate surface area is 196 Å². The van der Waals surface area contributed by atoms with Gasteiger partial charge in [0.1, 0.15) is 12.4 Å². The second-order valence-electron chi connectivity index (χ2n) is 7.41. The lowest BCUT2D eigenvalue weighted by molar-refractivity contribution is -0.121. The van der Waals surface area contributed by atoms with Gasteiger partial charge in [0.2, 0.25) is 0 Å². The van der Waals surface area contributed by atoms with Crippen LogP contribution in [0.3, 0.4) is 0 Å². The van der Waals surface area contributed by atoms with Gasteiger partial charge in [0.15, 0.2) is 0 Å². The van der Waals surface area contributed by atoms with Gasteiger partial charge in [-0.25, -0.2) is 10.5 Å². The van der Waals surface area contributed by atoms with Crippen molar-refractivity contribution in [2.24, 2.45) is 0 Å². The van der Waals surface area contributed by atoms with Crippen LogP contribution in [-0.2, 0) is 16.1 Å². The van der Waals surface area contributed by atoms with Crippen LogP contribution >= 0.6 is 0 Å². The van der Waals surface area contributed by atoms with Crippen LogP contribution in [-0.4, -0.2) is 33.6 Å². The fourth-order valence-corrected chi connectivity index (χ4v) is 3.32. The van der Waals surface area contributed by atoms with Crippen molar-refractivity contribution in [3.05, 3.63) is 102 Å². The van der Waals surface area contributed by atoms with E-state index >= 15 is 0 Å². The summed E-state index contributed by atoms with van der Waals surface area (Å²) >= 11 is 0. The Balaban J connectivity index is 1.50. The molecule has 3 N–H and O–H groups in total. The van der Waals surface area contributed by atoms with Gasteiger partial charge in [0.05, 0.1) is 12.3 Å². The minimum absolute atomic E-state index is 0.143. The minimum atomic E-state index is -0.716. The zero-order chi connectivity index (χ0) is 23.8. The zero-order valence-corrected chi connectivity index (χ0v) is 18.1. The lowest BCUT2D eigenvalue weighted by atomic mass is 10.0. The third-order valence-corrected chi connectivity index (χ3v) is 4.98. The maximum absolute atomic E-state index is 12.4. The molecule has 4 rings (SSSR count). The van der Waals surface area contributed by atoms with Gasteiger partial charge in [-0.3, -0.25) is 19.8 Å². The highest BCUT2D eigenvalue weighted by Gasteiger charge is 2.13. The Kier molecular flexibility index (Phi) is 7.34. The molecular weight excluding hydrogens is 432 g/mol. The van der Waals surface area contributed by atoms with Crippen LogP contribution in [0.25, 0.3) is 22.4 Å². The fraction of sp³-hybridized carbons (Fsp3) is 0.0769. The molecule has 0 aliphatic rings. The number of hydrogen-bond acceptors (Lipinski definition) is 6. The van der Waals surface area contributed by atoms with Crippen LogP contribution in [0.15, 0.2) is 91.3 Å². The summed E-state index contributed by atoms with van der Waals surface area (Å²) < 4.78 is 5.46. The largest absolute Gasteiger partial charge is 0.367 e. The summed E-state index contributed by atoms with van der Waals surface area (Å²) in [6, 6.07) is 23.8. The molecule has 34 heavy (non-hydrogen) atoms. The third kappa shape index (κ3) is 5.89. The van der Waals surface area contributed by atoms with Gasteiger partial charge in [-0.15, -0.1) is 0 Å². The van der Waals surface area contributed by atoms with E-state index in [2.05, 4.69) is 15.3 Å². The van der Waals surface area contributed by atoms with Gasteiger partial charge in [-0.1, -0.05) is 60.7 Å². The normalized spacial score (nSPS) is 10.5. The molecule has 0 spiro atoms. The molecule has 0 saturated carbocycles. The molecule has 0 aliphatic carbocycles. The van der Waals surface area contributed by atoms with Gasteiger partial charge in [-0.2, -0.15) is 0 Å². The Hall–Kier alpha value is -4.40. The van der Waals surface area contributed by atoms with Crippen molar-refractivity contribution in [2.75, 3.05) is 11.9 Å². The summed E-state index contributed by atoms with van der Waals surface area (Å²) in [6.07, 6.45) is 3.48. The number of hydrogen-bond donors (Lipinski definition) is 3. The van der Waals surface area contributed by atoms with E-state index in [0.717, 1.165) is 22.3 Å². The fourth-order valence-electron chi connectivity index (χ4n) is 3.32. The van der Waals surface area contributed by atoms with E-state index in [0.29, 0.717) is 12.3 Å². The molecule has 2 aromatic carbocycles. The molecule has 4 aromatic rings. The van der Waals surface area contributed by atoms with E-state index < -0.39 is 11.8 Å². The number of aromatic nitrogens is 2. The standard InChI is InChI=1S/C26H22N4O4/c31-25(17-34-16-18-5-2-1-3-6-18)29-24-14-22(26(32)30-33)13-23(28-24)20-10-8-19(9-11-20)21-7-4-12-27-15-21/h1-15,33H,16-17H2,(H,30,32)(H,28,29,31). The molecule has 0 atom stereocenters. The monoisotopic (exact) mass is 454 g/mol. The van der Waals surface area contributed by atoms with Gasteiger partial charge < -0.3 is 10.1 Å². The van der Waals surface area contributed by atoms with Crippen molar-refractivity contribution in [1.29, 1.82) is 0 Å². The van der Waals surface area contributed by atoms with Crippen LogP contribution in [0.2, 0.25) is 0 Å². The molecule has 0 fully saturated rings. The molecule has 2 amide bonds. The topological polar surface area (TPSA) is 113 Å². The molecular formula is C26H22N4O4. The molecule has 8 nitrogen and oxygen atoms in total. The maximum atomic E-state index is 12.4. The molecule has 0 unspecified atom stereocenters. The van der Waals surface area contributed by atoms with Crippen LogP contribution in [0.4, 0.5) is 5.82 Å². The summed E-state index contributed by atoms with van der Waals surface area (Å²) in [5.41, 5.74) is 5.84. The third-order valence-electron chi connectivity index (χ3n) is 4.98. The van der Waals surface area contributed by atoms with E-state index in [1.807, 2.05) is 66.7 Å². The van der Waals surface area contributed by atoms with E-state index in [1.165, 1.54) is 12.1 Å². The van der Waals surface area contributed by atoms with Crippen LogP contribution < -0.4 is 10.8 Å². The number of rotatable bonds is 8. The number of nitrogens with one attached hydrogen (secondary N) is 2. The first-order valence-corrected chi connectivity index (χ1v) is 10.5. The zero-order valence-electron chi connectivity index (χ0n) is 18.1. The maximum Gasteiger partial charge on any atom is 0.274 e. The molecule has 0 bridgehead atoms. The summed E-state index contributed by atoms with van der Waals surface area (Å²) in [6.45, 7) is 0.116. The summed E-state index contributed by atoms with van der Waals surface area (Å²) in [7, 11) is 0. The number of anilines is 1. The van der Waals surface area contributed by atoms with Crippen molar-refractivity contribution in [2.45, 2.75) is 6.61 Å². The van der Waals surface area contributed by atoms with Crippen LogP contribution in [0, 0.1) is 0 Å². The summed E-state index contributed by atoms with van der Waals surface area (Å²) in [5.74, 6) is -0.963. The molecule has 0 saturated heterocycles. The SMILES string of the molecule is O=C(COCc1ccccc1)Nc1cc(C(=O)NO)cc(-c2ccc(-c3cccnc3)cc2)n1. The quantitative estimate of drug-likeness (QED) is 0.273. The average Bonchev–Trinajstić information content (AvgIpc) is 2.89. The Morgan fingerprint density at radius 1 is 0.882 bits per heavy atom. The highest BCUT2D eigenvalue weighted by Crippen LogP contribution is 2.25. The Morgan fingerprint density at radius 2 is 1.65 bits per heavy atom. The van der Waals surface area contributed by atoms with Crippen molar-refractivity contribution < 1.29 is 19.5 Å².